The first-order valence-corrected chi connectivity index (χ1v) is 17.2. The molecule has 0 aliphatic heterocycles. The number of aromatic nitrogens is 1. The van der Waals surface area contributed by atoms with Gasteiger partial charge in [-0.1, -0.05) is 83.1 Å². The van der Waals surface area contributed by atoms with Crippen molar-refractivity contribution in [2.24, 2.45) is 5.41 Å². The van der Waals surface area contributed by atoms with Gasteiger partial charge in [-0.15, -0.1) is 0 Å². The van der Waals surface area contributed by atoms with Crippen molar-refractivity contribution in [2.75, 3.05) is 13.7 Å². The molecule has 0 N–H and O–H groups in total. The van der Waals surface area contributed by atoms with Crippen molar-refractivity contribution in [3.05, 3.63) is 77.0 Å². The lowest BCUT2D eigenvalue weighted by Crippen LogP contribution is -2.18. The maximum absolute atomic E-state index is 11.8. The predicted octanol–water partition coefficient (Wildman–Crippen LogP) is 8.28. The first-order chi connectivity index (χ1) is 18.7. The number of pyridine rings is 1. The van der Waals surface area contributed by atoms with E-state index in [1.807, 2.05) is 18.2 Å². The van der Waals surface area contributed by atoms with E-state index in [0.29, 0.717) is 11.5 Å². The molecular weight excluding hydrogens is 498 g/mol. The van der Waals surface area contributed by atoms with Crippen LogP contribution in [0.25, 0.3) is 10.9 Å². The predicted molar refractivity (Wildman–Crippen MR) is 165 cm³/mol. The van der Waals surface area contributed by atoms with Crippen LogP contribution in [0.15, 0.2) is 54.6 Å². The number of rotatable bonds is 12. The Hall–Kier alpha value is -2.94. The van der Waals surface area contributed by atoms with E-state index in [9.17, 15) is 4.79 Å². The summed E-state index contributed by atoms with van der Waals surface area (Å²) >= 11 is 0. The minimum atomic E-state index is -0.866. The molecule has 0 bridgehead atoms. The van der Waals surface area contributed by atoms with E-state index in [-0.39, 0.29) is 11.4 Å². The third-order valence-corrected chi connectivity index (χ3v) is 8.02. The van der Waals surface area contributed by atoms with Crippen molar-refractivity contribution in [3.8, 4) is 11.8 Å². The molecule has 1 atom stereocenters. The molecule has 0 fully saturated rings. The molecule has 0 radical (unpaired) electrons. The number of nitrogens with zero attached hydrogens (tertiary/aromatic N) is 1. The molecule has 4 nitrogen and oxygen atoms in total. The van der Waals surface area contributed by atoms with Crippen molar-refractivity contribution < 1.29 is 14.0 Å². The lowest BCUT2D eigenvalue weighted by molar-refractivity contribution is 0.0600. The van der Waals surface area contributed by atoms with Gasteiger partial charge in [-0.25, -0.2) is 9.78 Å². The van der Waals surface area contributed by atoms with E-state index in [1.165, 1.54) is 57.6 Å². The summed E-state index contributed by atoms with van der Waals surface area (Å²) in [6, 6.07) is 17.9. The van der Waals surface area contributed by atoms with E-state index < -0.39 is 9.04 Å². The van der Waals surface area contributed by atoms with Crippen LogP contribution in [0.3, 0.4) is 0 Å². The minimum Gasteiger partial charge on any atom is -0.465 e. The topological polar surface area (TPSA) is 48.4 Å². The second-order valence-corrected chi connectivity index (χ2v) is 14.2. The van der Waals surface area contributed by atoms with Gasteiger partial charge in [0.05, 0.1) is 18.2 Å². The summed E-state index contributed by atoms with van der Waals surface area (Å²) in [5, 5.41) is 1.12. The summed E-state index contributed by atoms with van der Waals surface area (Å²) in [6.07, 6.45) is 8.81. The third kappa shape index (κ3) is 9.95. The molecule has 3 aromatic rings. The van der Waals surface area contributed by atoms with Gasteiger partial charge < -0.3 is 9.16 Å². The van der Waals surface area contributed by atoms with Crippen LogP contribution in [-0.4, -0.2) is 33.7 Å². The zero-order valence-electron chi connectivity index (χ0n) is 24.7. The summed E-state index contributed by atoms with van der Waals surface area (Å²) in [7, 11) is 0.515. The lowest BCUT2D eigenvalue weighted by atomic mass is 9.73. The molecule has 0 spiro atoms. The Labute approximate surface area is 237 Å². The zero-order valence-corrected chi connectivity index (χ0v) is 25.8. The van der Waals surface area contributed by atoms with E-state index in [0.717, 1.165) is 28.8 Å². The van der Waals surface area contributed by atoms with E-state index in [2.05, 4.69) is 70.0 Å². The molecule has 0 saturated carbocycles. The molecule has 39 heavy (non-hydrogen) atoms. The Morgan fingerprint density at radius 2 is 1.64 bits per heavy atom. The summed E-state index contributed by atoms with van der Waals surface area (Å²) in [5.74, 6) is 6.42. The van der Waals surface area contributed by atoms with Crippen molar-refractivity contribution in [3.63, 3.8) is 0 Å². The number of ether oxygens (including phenoxy) is 1. The number of methoxy groups -OCH3 is 1. The van der Waals surface area contributed by atoms with Crippen LogP contribution in [0.5, 0.6) is 0 Å². The maximum Gasteiger partial charge on any atom is 0.337 e. The van der Waals surface area contributed by atoms with Gasteiger partial charge in [0, 0.05) is 17.6 Å². The fourth-order valence-electron chi connectivity index (χ4n) is 4.97. The van der Waals surface area contributed by atoms with Crippen LogP contribution in [0.4, 0.5) is 0 Å². The standard InChI is InChI=1S/C34H45NO3Si/c1-34(2,3)31(16-11-9-7-8-10-12-23-38-39(5)6)28-19-18-27-20-22-30(35-32(27)25-28)21-17-26-14-13-15-29(24-26)33(36)37-4/h13-15,18-20,22,24-25,31,39H,7-12,16,23H2,1-6H3. The van der Waals surface area contributed by atoms with E-state index in [4.69, 9.17) is 14.1 Å². The quantitative estimate of drug-likeness (QED) is 0.0998. The Kier molecular flexibility index (Phi) is 11.8. The van der Waals surface area contributed by atoms with Crippen LogP contribution in [0.1, 0.15) is 98.8 Å². The fourth-order valence-corrected chi connectivity index (χ4v) is 5.61. The van der Waals surface area contributed by atoms with Crippen molar-refractivity contribution in [2.45, 2.75) is 84.7 Å². The SMILES string of the molecule is COC(=O)c1cccc(C#Cc2ccc3ccc(C(CCCCCCCCO[SiH](C)C)C(C)(C)C)cc3n2)c1. The lowest BCUT2D eigenvalue weighted by Gasteiger charge is -2.31. The molecule has 0 aliphatic rings. The van der Waals surface area contributed by atoms with Crippen LogP contribution >= 0.6 is 0 Å². The molecule has 1 heterocycles. The average molecular weight is 544 g/mol. The smallest absolute Gasteiger partial charge is 0.337 e. The van der Waals surface area contributed by atoms with Crippen molar-refractivity contribution >= 4 is 25.9 Å². The Morgan fingerprint density at radius 1 is 0.923 bits per heavy atom. The number of benzene rings is 2. The average Bonchev–Trinajstić information content (AvgIpc) is 2.91. The number of unbranched alkanes of at least 4 members (excludes halogenated alkanes) is 5. The molecule has 0 saturated heterocycles. The molecule has 208 valence electrons. The van der Waals surface area contributed by atoms with Crippen molar-refractivity contribution in [1.82, 2.24) is 4.98 Å². The second kappa shape index (κ2) is 15.0. The highest BCUT2D eigenvalue weighted by Crippen LogP contribution is 2.39. The number of carbonyl (C=O) groups excluding carboxylic acids is 1. The minimum absolute atomic E-state index is 0.174. The molecule has 0 aliphatic carbocycles. The van der Waals surface area contributed by atoms with Gasteiger partial charge in [0.15, 0.2) is 9.04 Å². The van der Waals surface area contributed by atoms with E-state index in [1.54, 1.807) is 12.1 Å². The number of hydrogen-bond acceptors (Lipinski definition) is 4. The number of esters is 1. The number of fused-ring (bicyclic) bond motifs is 1. The van der Waals surface area contributed by atoms with Gasteiger partial charge in [0.1, 0.15) is 5.69 Å². The summed E-state index contributed by atoms with van der Waals surface area (Å²) in [6.45, 7) is 12.5. The summed E-state index contributed by atoms with van der Waals surface area (Å²) in [4.78, 5) is 16.7. The molecule has 5 heteroatoms. The second-order valence-electron chi connectivity index (χ2n) is 11.7. The van der Waals surface area contributed by atoms with Gasteiger partial charge in [-0.05, 0) is 79.1 Å². The largest absolute Gasteiger partial charge is 0.465 e. The number of carbonyl (C=O) groups is 1. The highest BCUT2D eigenvalue weighted by Gasteiger charge is 2.26. The summed E-state index contributed by atoms with van der Waals surface area (Å²) in [5.41, 5.74) is 4.47. The maximum atomic E-state index is 11.8. The van der Waals surface area contributed by atoms with Gasteiger partial charge in [0.25, 0.3) is 0 Å². The highest BCUT2D eigenvalue weighted by atomic mass is 28.3. The van der Waals surface area contributed by atoms with Crippen LogP contribution in [0, 0.1) is 17.3 Å². The zero-order chi connectivity index (χ0) is 28.3. The van der Waals surface area contributed by atoms with Gasteiger partial charge in [0.2, 0.25) is 0 Å². The molecule has 2 aromatic carbocycles. The molecule has 1 unspecified atom stereocenters. The Morgan fingerprint density at radius 3 is 2.36 bits per heavy atom. The van der Waals surface area contributed by atoms with Crippen LogP contribution in [0.2, 0.25) is 13.1 Å². The summed E-state index contributed by atoms with van der Waals surface area (Å²) < 4.78 is 10.6. The van der Waals surface area contributed by atoms with E-state index >= 15 is 0 Å². The van der Waals surface area contributed by atoms with Gasteiger partial charge >= 0.3 is 5.97 Å². The van der Waals surface area contributed by atoms with Gasteiger partial charge in [-0.2, -0.15) is 0 Å². The third-order valence-electron chi connectivity index (χ3n) is 7.12. The first-order valence-electron chi connectivity index (χ1n) is 14.4. The first kappa shape index (κ1) is 30.6. The molecule has 3 rings (SSSR count). The Balaban J connectivity index is 1.66. The van der Waals surface area contributed by atoms with Crippen LogP contribution < -0.4 is 0 Å². The molecular formula is C34H45NO3Si. The molecule has 1 aromatic heterocycles. The van der Waals surface area contributed by atoms with Gasteiger partial charge in [-0.3, -0.25) is 0 Å². The monoisotopic (exact) mass is 543 g/mol. The van der Waals surface area contributed by atoms with Crippen molar-refractivity contribution in [1.29, 1.82) is 0 Å². The highest BCUT2D eigenvalue weighted by molar-refractivity contribution is 6.48. The molecule has 0 amide bonds. The normalized spacial score (nSPS) is 12.3. The van der Waals surface area contributed by atoms with Crippen LogP contribution in [-0.2, 0) is 9.16 Å². The number of hydrogen-bond donors (Lipinski definition) is 0. The Bertz CT molecular complexity index is 1280. The fraction of sp³-hybridized carbons (Fsp3) is 0.471.